The number of halogens is 1. The van der Waals surface area contributed by atoms with E-state index in [0.29, 0.717) is 43.3 Å². The van der Waals surface area contributed by atoms with Gasteiger partial charge in [0.1, 0.15) is 12.3 Å². The number of aryl methyl sites for hydroxylation is 1. The van der Waals surface area contributed by atoms with E-state index < -0.39 is 0 Å². The van der Waals surface area contributed by atoms with Crippen molar-refractivity contribution in [1.82, 2.24) is 14.8 Å². The number of benzene rings is 3. The molecular formula is C32H35ClN4O4. The van der Waals surface area contributed by atoms with Gasteiger partial charge >= 0.3 is 0 Å². The van der Waals surface area contributed by atoms with Crippen molar-refractivity contribution in [2.75, 3.05) is 53.0 Å². The summed E-state index contributed by atoms with van der Waals surface area (Å²) >= 11 is 6.40. The van der Waals surface area contributed by atoms with Crippen LogP contribution in [0.25, 0.3) is 0 Å². The molecule has 3 aromatic carbocycles. The first kappa shape index (κ1) is 28.8. The Morgan fingerprint density at radius 2 is 1.73 bits per heavy atom. The first-order chi connectivity index (χ1) is 19.9. The third kappa shape index (κ3) is 6.96. The number of hydrazone groups is 1. The van der Waals surface area contributed by atoms with Gasteiger partial charge in [-0.15, -0.1) is 0 Å². The van der Waals surface area contributed by atoms with Crippen LogP contribution in [0.5, 0.6) is 5.75 Å². The number of methoxy groups -OCH3 is 1. The average Bonchev–Trinajstić information content (AvgIpc) is 3.46. The molecule has 2 heterocycles. The first-order valence-electron chi connectivity index (χ1n) is 13.9. The number of morpholine rings is 1. The number of ether oxygens (including phenoxy) is 2. The van der Waals surface area contributed by atoms with E-state index in [0.717, 1.165) is 41.2 Å². The lowest BCUT2D eigenvalue weighted by Crippen LogP contribution is -2.46. The molecule has 0 saturated carbocycles. The Labute approximate surface area is 246 Å². The highest BCUT2D eigenvalue weighted by molar-refractivity contribution is 6.33. The average molecular weight is 575 g/mol. The van der Waals surface area contributed by atoms with Crippen molar-refractivity contribution in [3.8, 4) is 5.75 Å². The Morgan fingerprint density at radius 3 is 2.41 bits per heavy atom. The van der Waals surface area contributed by atoms with Crippen LogP contribution in [0.15, 0.2) is 77.9 Å². The van der Waals surface area contributed by atoms with Crippen molar-refractivity contribution in [2.24, 2.45) is 5.10 Å². The molecule has 1 atom stereocenters. The predicted molar refractivity (Wildman–Crippen MR) is 160 cm³/mol. The van der Waals surface area contributed by atoms with Gasteiger partial charge < -0.3 is 14.4 Å². The summed E-state index contributed by atoms with van der Waals surface area (Å²) in [6, 6.07) is 22.5. The van der Waals surface area contributed by atoms with Gasteiger partial charge in [0, 0.05) is 32.6 Å². The van der Waals surface area contributed by atoms with Gasteiger partial charge in [-0.05, 0) is 54.4 Å². The van der Waals surface area contributed by atoms with Gasteiger partial charge in [-0.2, -0.15) is 5.10 Å². The molecule has 0 N–H and O–H groups in total. The van der Waals surface area contributed by atoms with Crippen LogP contribution in [0.2, 0.25) is 5.02 Å². The molecular weight excluding hydrogens is 540 g/mol. The van der Waals surface area contributed by atoms with Crippen molar-refractivity contribution >= 4 is 29.1 Å². The highest BCUT2D eigenvalue weighted by atomic mass is 35.5. The van der Waals surface area contributed by atoms with Gasteiger partial charge in [-0.1, -0.05) is 53.6 Å². The van der Waals surface area contributed by atoms with Crippen LogP contribution >= 0.6 is 11.6 Å². The fourth-order valence-electron chi connectivity index (χ4n) is 5.13. The Morgan fingerprint density at radius 1 is 1.02 bits per heavy atom. The van der Waals surface area contributed by atoms with Crippen LogP contribution in [0.4, 0.5) is 0 Å². The monoisotopic (exact) mass is 574 g/mol. The lowest BCUT2D eigenvalue weighted by Gasteiger charge is -2.31. The number of amides is 2. The van der Waals surface area contributed by atoms with E-state index in [2.05, 4.69) is 4.90 Å². The molecule has 5 rings (SSSR count). The molecule has 0 spiro atoms. The van der Waals surface area contributed by atoms with Crippen molar-refractivity contribution in [1.29, 1.82) is 0 Å². The fraction of sp³-hybridized carbons (Fsp3) is 0.344. The van der Waals surface area contributed by atoms with Gasteiger partial charge in [-0.25, -0.2) is 5.01 Å². The molecule has 0 aromatic heterocycles. The van der Waals surface area contributed by atoms with Crippen LogP contribution in [0.3, 0.4) is 0 Å². The zero-order valence-corrected chi connectivity index (χ0v) is 24.2. The van der Waals surface area contributed by atoms with E-state index in [1.807, 2.05) is 55.5 Å². The van der Waals surface area contributed by atoms with Gasteiger partial charge in [0.05, 0.1) is 42.7 Å². The molecule has 1 unspecified atom stereocenters. The topological polar surface area (TPSA) is 74.7 Å². The molecule has 214 valence electrons. The number of nitrogens with zero attached hydrogens (tertiary/aromatic N) is 4. The lowest BCUT2D eigenvalue weighted by atomic mass is 9.97. The maximum absolute atomic E-state index is 14.0. The van der Waals surface area contributed by atoms with Crippen molar-refractivity contribution in [2.45, 2.75) is 19.4 Å². The zero-order valence-electron chi connectivity index (χ0n) is 23.5. The first-order valence-corrected chi connectivity index (χ1v) is 14.2. The fourth-order valence-corrected chi connectivity index (χ4v) is 5.34. The van der Waals surface area contributed by atoms with Crippen LogP contribution < -0.4 is 4.74 Å². The minimum absolute atomic E-state index is 0.115. The normalized spacial score (nSPS) is 17.3. The molecule has 3 aromatic rings. The highest BCUT2D eigenvalue weighted by Crippen LogP contribution is 2.33. The largest absolute Gasteiger partial charge is 0.497 e. The second kappa shape index (κ2) is 13.3. The summed E-state index contributed by atoms with van der Waals surface area (Å²) in [5.41, 5.74) is 4.25. The smallest absolute Gasteiger partial charge is 0.262 e. The van der Waals surface area contributed by atoms with E-state index in [4.69, 9.17) is 26.2 Å². The number of hydrogen-bond donors (Lipinski definition) is 0. The second-order valence-corrected chi connectivity index (χ2v) is 10.7. The van der Waals surface area contributed by atoms with Gasteiger partial charge in [0.2, 0.25) is 0 Å². The maximum Gasteiger partial charge on any atom is 0.262 e. The molecule has 41 heavy (non-hydrogen) atoms. The molecule has 0 aliphatic carbocycles. The zero-order chi connectivity index (χ0) is 28.8. The van der Waals surface area contributed by atoms with E-state index in [9.17, 15) is 9.59 Å². The Bertz CT molecular complexity index is 1390. The van der Waals surface area contributed by atoms with Crippen LogP contribution in [-0.4, -0.2) is 85.4 Å². The third-order valence-electron chi connectivity index (χ3n) is 7.56. The quantitative estimate of drug-likeness (QED) is 0.367. The SMILES string of the molecule is COc1ccc(C2=NN(C(=O)CN(CCN3CCOCC3)C(=O)c3ccccc3Cl)C(c3ccc(C)cc3)C2)cc1. The summed E-state index contributed by atoms with van der Waals surface area (Å²) in [5, 5.41) is 6.72. The Balaban J connectivity index is 1.42. The highest BCUT2D eigenvalue weighted by Gasteiger charge is 2.35. The molecule has 1 fully saturated rings. The molecule has 2 amide bonds. The van der Waals surface area contributed by atoms with E-state index >= 15 is 0 Å². The summed E-state index contributed by atoms with van der Waals surface area (Å²) in [5.74, 6) is 0.230. The minimum atomic E-state index is -0.281. The summed E-state index contributed by atoms with van der Waals surface area (Å²) in [4.78, 5) is 31.5. The van der Waals surface area contributed by atoms with E-state index in [1.54, 1.807) is 41.3 Å². The van der Waals surface area contributed by atoms with Gasteiger partial charge in [0.25, 0.3) is 11.8 Å². The van der Waals surface area contributed by atoms with Crippen LogP contribution in [0, 0.1) is 6.92 Å². The summed E-state index contributed by atoms with van der Waals surface area (Å²) in [7, 11) is 1.63. The summed E-state index contributed by atoms with van der Waals surface area (Å²) in [6.45, 7) is 5.84. The molecule has 1 saturated heterocycles. The van der Waals surface area contributed by atoms with Gasteiger partial charge in [-0.3, -0.25) is 14.5 Å². The van der Waals surface area contributed by atoms with E-state index in [1.165, 1.54) is 0 Å². The minimum Gasteiger partial charge on any atom is -0.497 e. The lowest BCUT2D eigenvalue weighted by molar-refractivity contribution is -0.133. The Kier molecular flexibility index (Phi) is 9.34. The molecule has 8 nitrogen and oxygen atoms in total. The number of carbonyl (C=O) groups is 2. The predicted octanol–water partition coefficient (Wildman–Crippen LogP) is 4.81. The molecule has 2 aliphatic heterocycles. The molecule has 2 aliphatic rings. The van der Waals surface area contributed by atoms with Crippen molar-refractivity contribution in [3.05, 3.63) is 100 Å². The van der Waals surface area contributed by atoms with E-state index in [-0.39, 0.29) is 24.4 Å². The van der Waals surface area contributed by atoms with Gasteiger partial charge in [0.15, 0.2) is 0 Å². The third-order valence-corrected chi connectivity index (χ3v) is 7.89. The Hall–Kier alpha value is -3.72. The molecule has 0 radical (unpaired) electrons. The number of hydrogen-bond acceptors (Lipinski definition) is 6. The maximum atomic E-state index is 14.0. The van der Waals surface area contributed by atoms with Crippen molar-refractivity contribution < 1.29 is 19.1 Å². The van der Waals surface area contributed by atoms with Crippen LogP contribution in [-0.2, 0) is 9.53 Å². The van der Waals surface area contributed by atoms with Crippen LogP contribution in [0.1, 0.15) is 39.5 Å². The van der Waals surface area contributed by atoms with Crippen molar-refractivity contribution in [3.63, 3.8) is 0 Å². The molecule has 9 heteroatoms. The summed E-state index contributed by atoms with van der Waals surface area (Å²) in [6.07, 6.45) is 0.563. The standard InChI is InChI=1S/C32H35ClN4O4/c1-23-7-9-25(10-8-23)30-21-29(24-11-13-26(40-2)14-12-24)34-37(30)31(38)22-36(16-15-35-17-19-41-20-18-35)32(39)27-5-3-4-6-28(27)33/h3-14,30H,15-22H2,1-2H3. The second-order valence-electron chi connectivity index (χ2n) is 10.3. The number of rotatable bonds is 9. The summed E-state index contributed by atoms with van der Waals surface area (Å²) < 4.78 is 10.8. The number of carbonyl (C=O) groups excluding carboxylic acids is 2. The molecule has 0 bridgehead atoms.